The zero-order chi connectivity index (χ0) is 12.0. The Bertz CT molecular complexity index is 351. The van der Waals surface area contributed by atoms with Gasteiger partial charge in [-0.3, -0.25) is 6.08 Å². The van der Waals surface area contributed by atoms with Crippen LogP contribution in [0.4, 0.5) is 0 Å². The minimum absolute atomic E-state index is 0. The summed E-state index contributed by atoms with van der Waals surface area (Å²) in [6, 6.07) is 0. The predicted molar refractivity (Wildman–Crippen MR) is 75.4 cm³/mol. The van der Waals surface area contributed by atoms with Crippen LogP contribution in [0.5, 0.6) is 0 Å². The van der Waals surface area contributed by atoms with Crippen LogP contribution in [-0.2, 0) is 21.7 Å². The zero-order valence-electron chi connectivity index (χ0n) is 12.7. The molecule has 1 aliphatic carbocycles. The molecule has 1 rings (SSSR count). The molecule has 5 heteroatoms. The largest absolute Gasteiger partial charge is 3.00 e. The number of allylic oxidation sites excluding steroid dienone is 4. The van der Waals surface area contributed by atoms with Gasteiger partial charge in [0.25, 0.3) is 0 Å². The molecule has 0 aromatic carbocycles. The molecular formula is C13H24Cl2PSiTi. The minimum atomic E-state index is -1.24. The number of hydrogen-bond acceptors (Lipinski definition) is 0. The van der Waals surface area contributed by atoms with Crippen LogP contribution in [0.1, 0.15) is 27.7 Å². The van der Waals surface area contributed by atoms with Gasteiger partial charge in [0.1, 0.15) is 0 Å². The van der Waals surface area contributed by atoms with Crippen LogP contribution in [-0.4, -0.2) is 21.1 Å². The predicted octanol–water partition coefficient (Wildman–Crippen LogP) is -1.20. The smallest absolute Gasteiger partial charge is 1.00 e. The normalized spacial score (nSPS) is 23.1. The molecule has 1 aliphatic rings. The maximum Gasteiger partial charge on any atom is 3.00 e. The van der Waals surface area contributed by atoms with Gasteiger partial charge >= 0.3 is 21.7 Å². The molecule has 0 nitrogen and oxygen atoms in total. The molecule has 0 saturated carbocycles. The fourth-order valence-corrected chi connectivity index (χ4v) is 8.12. The van der Waals surface area contributed by atoms with Gasteiger partial charge in [0.2, 0.25) is 0 Å². The summed E-state index contributed by atoms with van der Waals surface area (Å²) in [4.78, 5) is 0. The molecule has 1 unspecified atom stereocenters. The second kappa shape index (κ2) is 8.01. The van der Waals surface area contributed by atoms with Crippen LogP contribution in [0.15, 0.2) is 16.7 Å². The monoisotopic (exact) mass is 357 g/mol. The van der Waals surface area contributed by atoms with Crippen molar-refractivity contribution in [2.45, 2.75) is 45.8 Å². The average molecular weight is 358 g/mol. The Morgan fingerprint density at radius 1 is 1.06 bits per heavy atom. The van der Waals surface area contributed by atoms with Crippen molar-refractivity contribution in [3.63, 3.8) is 0 Å². The first-order chi connectivity index (χ1) is 6.64. The van der Waals surface area contributed by atoms with E-state index in [9.17, 15) is 0 Å². The molecule has 18 heavy (non-hydrogen) atoms. The van der Waals surface area contributed by atoms with E-state index in [1.165, 1.54) is 11.1 Å². The Kier molecular flexibility index (Phi) is 10.9. The van der Waals surface area contributed by atoms with Crippen molar-refractivity contribution in [1.82, 2.24) is 0 Å². The SMILES string of the molecule is CC1=[C-]C(C)([Si](C)(C)P(C)C)C(C)=C1C.[Cl-].[Cl-].[Ti+3]. The Balaban J connectivity index is -0.000000750. The van der Waals surface area contributed by atoms with Gasteiger partial charge in [-0.1, -0.05) is 38.9 Å². The van der Waals surface area contributed by atoms with E-state index in [1.807, 2.05) is 0 Å². The van der Waals surface area contributed by atoms with Crippen LogP contribution < -0.4 is 24.8 Å². The van der Waals surface area contributed by atoms with Crippen LogP contribution >= 0.6 is 7.47 Å². The molecule has 0 aromatic heterocycles. The van der Waals surface area contributed by atoms with Crippen molar-refractivity contribution in [2.75, 3.05) is 13.3 Å². The van der Waals surface area contributed by atoms with Crippen molar-refractivity contribution in [1.29, 1.82) is 0 Å². The summed E-state index contributed by atoms with van der Waals surface area (Å²) in [5, 5.41) is 0.274. The number of rotatable bonds is 2. The van der Waals surface area contributed by atoms with Crippen molar-refractivity contribution < 1.29 is 46.5 Å². The first-order valence-electron chi connectivity index (χ1n) is 5.62. The zero-order valence-corrected chi connectivity index (χ0v) is 17.7. The van der Waals surface area contributed by atoms with Crippen molar-refractivity contribution in [3.05, 3.63) is 22.8 Å². The molecule has 0 aromatic rings. The first-order valence-corrected chi connectivity index (χ1v) is 11.7. The third kappa shape index (κ3) is 3.74. The van der Waals surface area contributed by atoms with Gasteiger partial charge < -0.3 is 24.8 Å². The molecule has 0 spiro atoms. The summed E-state index contributed by atoms with van der Waals surface area (Å²) in [5.41, 5.74) is 4.44. The fraction of sp³-hybridized carbons (Fsp3) is 0.692. The van der Waals surface area contributed by atoms with E-state index in [2.05, 4.69) is 60.2 Å². The minimum Gasteiger partial charge on any atom is -1.00 e. The van der Waals surface area contributed by atoms with E-state index in [1.54, 1.807) is 5.57 Å². The maximum atomic E-state index is 3.77. The topological polar surface area (TPSA) is 0 Å². The van der Waals surface area contributed by atoms with Gasteiger partial charge in [-0.15, -0.1) is 14.4 Å². The molecule has 0 aliphatic heterocycles. The van der Waals surface area contributed by atoms with E-state index in [4.69, 9.17) is 0 Å². The molecule has 1 radical (unpaired) electrons. The maximum absolute atomic E-state index is 3.77. The Morgan fingerprint density at radius 2 is 1.44 bits per heavy atom. The second-order valence-electron chi connectivity index (χ2n) is 5.58. The Morgan fingerprint density at radius 3 is 1.67 bits per heavy atom. The first kappa shape index (κ1) is 24.4. The van der Waals surface area contributed by atoms with E-state index >= 15 is 0 Å². The molecule has 0 heterocycles. The van der Waals surface area contributed by atoms with Gasteiger partial charge in [0.05, 0.1) is 7.74 Å². The van der Waals surface area contributed by atoms with Crippen LogP contribution in [0.2, 0.25) is 18.1 Å². The number of hydrogen-bond donors (Lipinski definition) is 0. The van der Waals surface area contributed by atoms with Gasteiger partial charge in [-0.05, 0) is 13.3 Å². The third-order valence-electron chi connectivity index (χ3n) is 4.65. The Hall–Kier alpha value is 1.42. The second-order valence-corrected chi connectivity index (χ2v) is 17.5. The van der Waals surface area contributed by atoms with E-state index < -0.39 is 7.74 Å². The van der Waals surface area contributed by atoms with Crippen molar-refractivity contribution in [2.24, 2.45) is 0 Å². The fourth-order valence-electron chi connectivity index (χ4n) is 2.28. The van der Waals surface area contributed by atoms with Crippen molar-refractivity contribution >= 4 is 15.2 Å². The van der Waals surface area contributed by atoms with E-state index in [-0.39, 0.29) is 59.0 Å². The molecule has 1 atom stereocenters. The molecular weight excluding hydrogens is 334 g/mol. The average Bonchev–Trinajstić information content (AvgIpc) is 2.31. The van der Waals surface area contributed by atoms with Crippen LogP contribution in [0.25, 0.3) is 0 Å². The van der Waals surface area contributed by atoms with Gasteiger partial charge in [-0.25, -0.2) is 5.57 Å². The van der Waals surface area contributed by atoms with Gasteiger partial charge in [0.15, 0.2) is 0 Å². The summed E-state index contributed by atoms with van der Waals surface area (Å²) >= 11 is 0. The summed E-state index contributed by atoms with van der Waals surface area (Å²) in [5.74, 6) is 0. The van der Waals surface area contributed by atoms with Crippen LogP contribution in [0, 0.1) is 6.08 Å². The third-order valence-corrected chi connectivity index (χ3v) is 17.9. The quantitative estimate of drug-likeness (QED) is 0.331. The van der Waals surface area contributed by atoms with E-state index in [0.717, 1.165) is 0 Å². The summed E-state index contributed by atoms with van der Waals surface area (Å²) in [7, 11) is -1.08. The molecule has 103 valence electrons. The molecule has 0 saturated heterocycles. The van der Waals surface area contributed by atoms with Crippen LogP contribution in [0.3, 0.4) is 0 Å². The summed E-state index contributed by atoms with van der Waals surface area (Å²) in [6.45, 7) is 19.1. The summed E-state index contributed by atoms with van der Waals surface area (Å²) in [6.07, 6.45) is 3.77. The summed E-state index contributed by atoms with van der Waals surface area (Å²) < 4.78 is 0. The molecule has 0 N–H and O–H groups in total. The molecule has 0 fully saturated rings. The Labute approximate surface area is 143 Å². The number of halogens is 2. The standard InChI is InChI=1S/C13H24PSi.2ClH.Ti/c1-10-9-13(4,12(3)11(10)2)15(7,8)14(5)6;;;/h1-8H3;2*1H;/q-1;;;+3/p-2. The van der Waals surface area contributed by atoms with Crippen molar-refractivity contribution in [3.8, 4) is 0 Å². The molecule has 0 amide bonds. The van der Waals surface area contributed by atoms with E-state index in [0.29, 0.717) is 0 Å². The van der Waals surface area contributed by atoms with Gasteiger partial charge in [-0.2, -0.15) is 11.1 Å². The van der Waals surface area contributed by atoms with Gasteiger partial charge in [0, 0.05) is 0 Å². The molecule has 0 bridgehead atoms.